The van der Waals surface area contributed by atoms with Crippen molar-refractivity contribution >= 4 is 36.9 Å². The molecule has 2 aliphatic carbocycles. The molecule has 4 rings (SSSR count). The van der Waals surface area contributed by atoms with Crippen LogP contribution in [0, 0.1) is 5.92 Å². The van der Waals surface area contributed by atoms with Crippen LogP contribution in [-0.2, 0) is 3.71 Å². The molecule has 0 fully saturated rings. The van der Waals surface area contributed by atoms with E-state index in [2.05, 4.69) is 112 Å². The van der Waals surface area contributed by atoms with Crippen molar-refractivity contribution in [1.29, 1.82) is 0 Å². The van der Waals surface area contributed by atoms with Gasteiger partial charge in [0.15, 0.2) is 0 Å². The molecule has 0 nitrogen and oxygen atoms in total. The van der Waals surface area contributed by atoms with Crippen molar-refractivity contribution in [2.45, 2.75) is 75.2 Å². The van der Waals surface area contributed by atoms with E-state index in [1.807, 2.05) is 0 Å². The summed E-state index contributed by atoms with van der Waals surface area (Å²) in [5, 5.41) is 0. The van der Waals surface area contributed by atoms with Crippen molar-refractivity contribution in [3.8, 4) is 0 Å². The van der Waals surface area contributed by atoms with E-state index in [-0.39, 0.29) is 3.71 Å². The summed E-state index contributed by atoms with van der Waals surface area (Å²) < 4.78 is 0.154. The van der Waals surface area contributed by atoms with Crippen molar-refractivity contribution in [2.24, 2.45) is 5.92 Å². The summed E-state index contributed by atoms with van der Waals surface area (Å²) in [5.41, 5.74) is 9.80. The molecular formula is C29H37LiSi. The van der Waals surface area contributed by atoms with E-state index < -0.39 is 8.07 Å². The Hall–Kier alpha value is -1.27. The van der Waals surface area contributed by atoms with Crippen molar-refractivity contribution < 1.29 is 0 Å². The van der Waals surface area contributed by atoms with Gasteiger partial charge in [0.05, 0.1) is 0 Å². The number of hydrogen-bond donors (Lipinski definition) is 0. The van der Waals surface area contributed by atoms with Crippen LogP contribution in [-0.4, -0.2) is 25.8 Å². The summed E-state index contributed by atoms with van der Waals surface area (Å²) in [4.78, 5) is 0. The number of fused-ring (bicyclic) bond motifs is 2. The quantitative estimate of drug-likeness (QED) is 0.379. The van der Waals surface area contributed by atoms with E-state index in [1.54, 1.807) is 16.7 Å². The first-order valence-electron chi connectivity index (χ1n) is 12.4. The van der Waals surface area contributed by atoms with Crippen LogP contribution in [0.5, 0.6) is 0 Å². The third-order valence-corrected chi connectivity index (χ3v) is 13.7. The van der Waals surface area contributed by atoms with Gasteiger partial charge in [0.1, 0.15) is 0 Å². The van der Waals surface area contributed by atoms with E-state index in [1.165, 1.54) is 48.8 Å². The molecule has 0 aliphatic heterocycles. The number of unbranched alkanes of at least 4 members (excludes halogenated alkanes) is 1. The van der Waals surface area contributed by atoms with Gasteiger partial charge >= 0.3 is 201 Å². The van der Waals surface area contributed by atoms with Gasteiger partial charge < -0.3 is 0 Å². The zero-order valence-electron chi connectivity index (χ0n) is 20.5. The van der Waals surface area contributed by atoms with Gasteiger partial charge in [-0.05, 0) is 0 Å². The Bertz CT molecular complexity index is 1010. The van der Waals surface area contributed by atoms with Crippen LogP contribution in [0.2, 0.25) is 13.1 Å². The molecule has 0 radical (unpaired) electrons. The molecule has 2 aliphatic rings. The van der Waals surface area contributed by atoms with E-state index in [0.717, 1.165) is 5.92 Å². The summed E-state index contributed by atoms with van der Waals surface area (Å²) in [6, 6.07) is 18.5. The predicted molar refractivity (Wildman–Crippen MR) is 140 cm³/mol. The van der Waals surface area contributed by atoms with Crippen LogP contribution in [0.4, 0.5) is 0 Å². The van der Waals surface area contributed by atoms with Crippen LogP contribution >= 0.6 is 0 Å². The van der Waals surface area contributed by atoms with Gasteiger partial charge in [-0.25, -0.2) is 0 Å². The zero-order valence-corrected chi connectivity index (χ0v) is 21.5. The molecule has 0 aromatic heterocycles. The molecule has 0 N–H and O–H groups in total. The Labute approximate surface area is 200 Å². The fourth-order valence-electron chi connectivity index (χ4n) is 6.15. The molecule has 0 heterocycles. The Morgan fingerprint density at radius 3 is 2.39 bits per heavy atom. The second kappa shape index (κ2) is 8.94. The first-order chi connectivity index (χ1) is 14.8. The predicted octanol–water partition coefficient (Wildman–Crippen LogP) is 8.04. The Morgan fingerprint density at radius 1 is 1.00 bits per heavy atom. The minimum absolute atomic E-state index is 0.154. The fraction of sp³-hybridized carbons (Fsp3) is 0.448. The molecular weight excluding hydrogens is 383 g/mol. The van der Waals surface area contributed by atoms with Crippen LogP contribution in [0.25, 0.3) is 11.1 Å². The summed E-state index contributed by atoms with van der Waals surface area (Å²) in [5.74, 6) is 0.806. The molecule has 0 bridgehead atoms. The average Bonchev–Trinajstić information content (AvgIpc) is 3.27. The van der Waals surface area contributed by atoms with E-state index in [0.29, 0.717) is 5.54 Å². The summed E-state index contributed by atoms with van der Waals surface area (Å²) in [6.45, 7) is 12.3. The SMILES string of the molecule is [Li][C]1([Si](C)(C)C2C=C(C)c3ccccc32)C=C(CC(CC)CCCC)c2ccccc21. The molecule has 0 spiro atoms. The van der Waals surface area contributed by atoms with Gasteiger partial charge in [0, 0.05) is 0 Å². The summed E-state index contributed by atoms with van der Waals surface area (Å²) in [7, 11) is -1.79. The molecule has 0 amide bonds. The summed E-state index contributed by atoms with van der Waals surface area (Å²) in [6.07, 6.45) is 11.9. The third kappa shape index (κ3) is 3.88. The third-order valence-electron chi connectivity index (χ3n) is 8.60. The number of hydrogen-bond acceptors (Lipinski definition) is 0. The Balaban J connectivity index is 1.76. The molecule has 3 unspecified atom stereocenters. The number of allylic oxidation sites excluding steroid dienone is 4. The van der Waals surface area contributed by atoms with Crippen molar-refractivity contribution in [1.82, 2.24) is 0 Å². The first-order valence-corrected chi connectivity index (χ1v) is 15.5. The molecule has 31 heavy (non-hydrogen) atoms. The van der Waals surface area contributed by atoms with Gasteiger partial charge in [-0.15, -0.1) is 0 Å². The van der Waals surface area contributed by atoms with Crippen molar-refractivity contribution in [3.63, 3.8) is 0 Å². The topological polar surface area (TPSA) is 0 Å². The molecule has 0 saturated carbocycles. The first kappa shape index (κ1) is 22.9. The molecule has 2 aromatic rings. The monoisotopic (exact) mass is 420 g/mol. The van der Waals surface area contributed by atoms with Crippen LogP contribution < -0.4 is 0 Å². The van der Waals surface area contributed by atoms with Crippen molar-refractivity contribution in [3.05, 3.63) is 82.9 Å². The van der Waals surface area contributed by atoms with Gasteiger partial charge in [-0.3, -0.25) is 0 Å². The maximum atomic E-state index is 2.72. The number of rotatable bonds is 8. The molecule has 0 saturated heterocycles. The number of benzene rings is 2. The minimum atomic E-state index is -1.79. The molecule has 2 heteroatoms. The van der Waals surface area contributed by atoms with Gasteiger partial charge in [0.2, 0.25) is 0 Å². The van der Waals surface area contributed by atoms with E-state index in [9.17, 15) is 0 Å². The van der Waals surface area contributed by atoms with Crippen LogP contribution in [0.15, 0.2) is 60.7 Å². The van der Waals surface area contributed by atoms with E-state index >= 15 is 0 Å². The molecule has 3 atom stereocenters. The second-order valence-corrected chi connectivity index (χ2v) is 15.8. The second-order valence-electron chi connectivity index (χ2n) is 10.7. The van der Waals surface area contributed by atoms with Crippen LogP contribution in [0.1, 0.15) is 80.7 Å². The van der Waals surface area contributed by atoms with Gasteiger partial charge in [-0.1, -0.05) is 0 Å². The van der Waals surface area contributed by atoms with Crippen molar-refractivity contribution in [2.75, 3.05) is 0 Å². The average molecular weight is 421 g/mol. The zero-order chi connectivity index (χ0) is 22.2. The normalized spacial score (nSPS) is 23.3. The van der Waals surface area contributed by atoms with Gasteiger partial charge in [0.25, 0.3) is 0 Å². The Kier molecular flexibility index (Phi) is 6.60. The molecule has 158 valence electrons. The fourth-order valence-corrected chi connectivity index (χ4v) is 9.95. The summed E-state index contributed by atoms with van der Waals surface area (Å²) >= 11 is 2.56. The van der Waals surface area contributed by atoms with Gasteiger partial charge in [-0.2, -0.15) is 0 Å². The maximum absolute atomic E-state index is 2.72. The van der Waals surface area contributed by atoms with E-state index in [4.69, 9.17) is 0 Å². The Morgan fingerprint density at radius 2 is 1.68 bits per heavy atom. The van der Waals surface area contributed by atoms with Crippen LogP contribution in [0.3, 0.4) is 0 Å². The molecule has 2 aromatic carbocycles. The standard InChI is InChI=1S/C29H37Si.Li/c1-6-8-13-22(7-2)19-23-20-29(27-17-12-10-15-25(23)27)30(4,5)28-18-21(3)24-14-9-11-16-26(24)28;/h9-12,14-18,20,22,28H,6-8,13,19H2,1-5H3;.